The van der Waals surface area contributed by atoms with Gasteiger partial charge in [-0.05, 0) is 59.2 Å². The zero-order valence-corrected chi connectivity index (χ0v) is 23.6. The van der Waals surface area contributed by atoms with Gasteiger partial charge in [0, 0.05) is 30.0 Å². The number of benzene rings is 3. The minimum Gasteiger partial charge on any atom is -0.497 e. The van der Waals surface area contributed by atoms with Crippen LogP contribution in [0.15, 0.2) is 82.0 Å². The van der Waals surface area contributed by atoms with Gasteiger partial charge in [-0.2, -0.15) is 0 Å². The molecule has 3 aromatic carbocycles. The number of hydrogen-bond acceptors (Lipinski definition) is 7. The molecule has 5 rings (SSSR count). The minimum absolute atomic E-state index is 0.0183. The number of amides is 2. The number of carbonyl (C=O) groups is 3. The molecule has 0 spiro atoms. The Hall–Kier alpha value is -5.12. The van der Waals surface area contributed by atoms with Crippen LogP contribution in [0, 0.1) is 0 Å². The second-order valence-corrected chi connectivity index (χ2v) is 10.3. The van der Waals surface area contributed by atoms with E-state index in [2.05, 4.69) is 10.6 Å². The summed E-state index contributed by atoms with van der Waals surface area (Å²) in [4.78, 5) is 48.8. The summed E-state index contributed by atoms with van der Waals surface area (Å²) in [6, 6.07) is 21.1. The maximum absolute atomic E-state index is 12.6. The molecule has 2 amide bonds. The highest BCUT2D eigenvalue weighted by Crippen LogP contribution is 2.44. The van der Waals surface area contributed by atoms with Gasteiger partial charge in [0.2, 0.25) is 5.91 Å². The summed E-state index contributed by atoms with van der Waals surface area (Å²) >= 11 is 0. The smallest absolute Gasteiger partial charge is 0.407 e. The van der Waals surface area contributed by atoms with Crippen molar-refractivity contribution in [2.45, 2.75) is 37.6 Å². The molecule has 43 heavy (non-hydrogen) atoms. The Morgan fingerprint density at radius 1 is 0.953 bits per heavy atom. The molecule has 1 heterocycles. The molecule has 10 nitrogen and oxygen atoms in total. The van der Waals surface area contributed by atoms with Gasteiger partial charge in [-0.1, -0.05) is 48.5 Å². The van der Waals surface area contributed by atoms with Crippen molar-refractivity contribution in [3.05, 3.63) is 99.9 Å². The van der Waals surface area contributed by atoms with Crippen LogP contribution in [0.2, 0.25) is 0 Å². The second-order valence-electron chi connectivity index (χ2n) is 10.3. The number of carboxylic acids is 1. The Bertz CT molecular complexity index is 1670. The Labute approximate surface area is 247 Å². The third-order valence-electron chi connectivity index (χ3n) is 7.56. The molecule has 1 aliphatic carbocycles. The first-order valence-electron chi connectivity index (χ1n) is 14.1. The average molecular weight is 585 g/mol. The molecule has 3 N–H and O–H groups in total. The lowest BCUT2D eigenvalue weighted by Crippen LogP contribution is -2.41. The van der Waals surface area contributed by atoms with Gasteiger partial charge in [0.05, 0.1) is 13.5 Å². The van der Waals surface area contributed by atoms with Crippen molar-refractivity contribution in [2.24, 2.45) is 0 Å². The summed E-state index contributed by atoms with van der Waals surface area (Å²) in [5.41, 5.74) is 4.64. The third kappa shape index (κ3) is 6.86. The largest absolute Gasteiger partial charge is 0.497 e. The van der Waals surface area contributed by atoms with E-state index >= 15 is 0 Å². The minimum atomic E-state index is -1.16. The fraction of sp³-hybridized carbons (Fsp3) is 0.273. The molecule has 10 heteroatoms. The van der Waals surface area contributed by atoms with Crippen LogP contribution in [0.1, 0.15) is 41.9 Å². The van der Waals surface area contributed by atoms with Gasteiger partial charge in [-0.15, -0.1) is 0 Å². The quantitative estimate of drug-likeness (QED) is 0.162. The number of alkyl carbamates (subject to hydrolysis) is 1. The normalized spacial score (nSPS) is 12.7. The van der Waals surface area contributed by atoms with E-state index in [4.69, 9.17) is 13.9 Å². The number of carboxylic acid groups (broad SMARTS) is 1. The molecule has 0 fully saturated rings. The summed E-state index contributed by atoms with van der Waals surface area (Å²) in [7, 11) is 1.51. The van der Waals surface area contributed by atoms with E-state index in [1.165, 1.54) is 13.2 Å². The highest BCUT2D eigenvalue weighted by Gasteiger charge is 2.29. The maximum atomic E-state index is 12.6. The van der Waals surface area contributed by atoms with Gasteiger partial charge in [0.1, 0.15) is 24.0 Å². The molecule has 0 unspecified atom stereocenters. The van der Waals surface area contributed by atoms with Crippen LogP contribution < -0.4 is 21.0 Å². The van der Waals surface area contributed by atoms with Gasteiger partial charge in [0.15, 0.2) is 0 Å². The Balaban J connectivity index is 1.07. The summed E-state index contributed by atoms with van der Waals surface area (Å²) in [5, 5.41) is 15.5. The van der Waals surface area contributed by atoms with Crippen LogP contribution in [-0.4, -0.2) is 49.4 Å². The monoisotopic (exact) mass is 584 g/mol. The molecule has 0 saturated heterocycles. The summed E-state index contributed by atoms with van der Waals surface area (Å²) in [5.74, 6) is -1.04. The highest BCUT2D eigenvalue weighted by molar-refractivity contribution is 5.87. The van der Waals surface area contributed by atoms with Gasteiger partial charge in [-0.3, -0.25) is 4.79 Å². The van der Waals surface area contributed by atoms with E-state index in [9.17, 15) is 24.3 Å². The van der Waals surface area contributed by atoms with Crippen LogP contribution in [0.5, 0.6) is 5.75 Å². The summed E-state index contributed by atoms with van der Waals surface area (Å²) < 4.78 is 15.9. The predicted octanol–water partition coefficient (Wildman–Crippen LogP) is 4.62. The van der Waals surface area contributed by atoms with Crippen LogP contribution >= 0.6 is 0 Å². The maximum Gasteiger partial charge on any atom is 0.407 e. The molecular weight excluding hydrogens is 552 g/mol. The van der Waals surface area contributed by atoms with Crippen molar-refractivity contribution in [1.29, 1.82) is 0 Å². The van der Waals surface area contributed by atoms with E-state index in [-0.39, 0.29) is 31.3 Å². The summed E-state index contributed by atoms with van der Waals surface area (Å²) in [6.45, 7) is 0.397. The average Bonchev–Trinajstić information content (AvgIpc) is 3.32. The number of aliphatic carboxylic acids is 1. The second kappa shape index (κ2) is 13.2. The number of fused-ring (bicyclic) bond motifs is 4. The lowest BCUT2D eigenvalue weighted by molar-refractivity contribution is -0.139. The number of ether oxygens (including phenoxy) is 2. The number of methoxy groups -OCH3 is 1. The van der Waals surface area contributed by atoms with E-state index < -0.39 is 23.7 Å². The Kier molecular flexibility index (Phi) is 9.05. The molecule has 222 valence electrons. The van der Waals surface area contributed by atoms with Crippen LogP contribution in [-0.2, 0) is 20.7 Å². The van der Waals surface area contributed by atoms with Crippen molar-refractivity contribution in [2.75, 3.05) is 20.3 Å². The topological polar surface area (TPSA) is 144 Å². The fourth-order valence-electron chi connectivity index (χ4n) is 5.46. The number of unbranched alkanes of at least 4 members (excludes halogenated alkanes) is 1. The lowest BCUT2D eigenvalue weighted by atomic mass is 9.98. The SMILES string of the molecule is COc1ccc2c(CC(=O)NCCCC[C@@H](NC(=O)OCC3c4ccccc4-c4ccccc43)C(=O)O)cc(=O)oc2c1. The van der Waals surface area contributed by atoms with Crippen LogP contribution in [0.25, 0.3) is 22.1 Å². The molecule has 0 bridgehead atoms. The van der Waals surface area contributed by atoms with Gasteiger partial charge in [-0.25, -0.2) is 14.4 Å². The number of nitrogens with one attached hydrogen (secondary N) is 2. The van der Waals surface area contributed by atoms with Crippen molar-refractivity contribution >= 4 is 28.9 Å². The predicted molar refractivity (Wildman–Crippen MR) is 159 cm³/mol. The zero-order valence-electron chi connectivity index (χ0n) is 23.6. The van der Waals surface area contributed by atoms with Crippen molar-refractivity contribution in [3.8, 4) is 16.9 Å². The zero-order chi connectivity index (χ0) is 30.3. The van der Waals surface area contributed by atoms with E-state index in [1.807, 2.05) is 48.5 Å². The number of hydrogen-bond donors (Lipinski definition) is 3. The number of rotatable bonds is 12. The molecular formula is C33H32N2O8. The van der Waals surface area contributed by atoms with E-state index in [0.717, 1.165) is 22.3 Å². The summed E-state index contributed by atoms with van der Waals surface area (Å²) in [6.07, 6.45) is 0.298. The van der Waals surface area contributed by atoms with Crippen molar-refractivity contribution in [1.82, 2.24) is 10.6 Å². The molecule has 1 aliphatic rings. The third-order valence-corrected chi connectivity index (χ3v) is 7.56. The number of carbonyl (C=O) groups excluding carboxylic acids is 2. The highest BCUT2D eigenvalue weighted by atomic mass is 16.5. The Morgan fingerprint density at radius 3 is 2.33 bits per heavy atom. The van der Waals surface area contributed by atoms with Gasteiger partial charge >= 0.3 is 17.7 Å². The first-order valence-corrected chi connectivity index (χ1v) is 14.1. The Morgan fingerprint density at radius 2 is 1.65 bits per heavy atom. The molecule has 0 saturated carbocycles. The van der Waals surface area contributed by atoms with Crippen LogP contribution in [0.3, 0.4) is 0 Å². The van der Waals surface area contributed by atoms with E-state index in [0.29, 0.717) is 41.7 Å². The first kappa shape index (κ1) is 29.4. The van der Waals surface area contributed by atoms with Crippen molar-refractivity contribution < 1.29 is 33.4 Å². The van der Waals surface area contributed by atoms with Crippen molar-refractivity contribution in [3.63, 3.8) is 0 Å². The molecule has 1 aromatic heterocycles. The molecule has 0 radical (unpaired) electrons. The standard InChI is InChI=1S/C33H32N2O8/c1-41-21-13-14-22-20(17-31(37)43-29(22)18-21)16-30(36)34-15-7-6-12-28(32(38)39)35-33(40)42-19-27-25-10-4-2-8-23(25)24-9-3-5-11-26(24)27/h2-5,8-11,13-14,17-18,27-28H,6-7,12,15-16,19H2,1H3,(H,34,36)(H,35,40)(H,38,39)/t28-/m1/s1. The first-order chi connectivity index (χ1) is 20.8. The van der Waals surface area contributed by atoms with Crippen LogP contribution in [0.4, 0.5) is 4.79 Å². The molecule has 0 aliphatic heterocycles. The molecule has 4 aromatic rings. The fourth-order valence-corrected chi connectivity index (χ4v) is 5.46. The lowest BCUT2D eigenvalue weighted by Gasteiger charge is -2.17. The van der Waals surface area contributed by atoms with Gasteiger partial charge < -0.3 is 29.6 Å². The van der Waals surface area contributed by atoms with Gasteiger partial charge in [0.25, 0.3) is 0 Å². The van der Waals surface area contributed by atoms with E-state index in [1.54, 1.807) is 18.2 Å². The molecule has 1 atom stereocenters.